The monoisotopic (exact) mass is 385 g/mol. The summed E-state index contributed by atoms with van der Waals surface area (Å²) in [5.74, 6) is 1.64. The summed E-state index contributed by atoms with van der Waals surface area (Å²) in [5, 5.41) is 13.3. The Balaban J connectivity index is 1.70. The van der Waals surface area contributed by atoms with Crippen LogP contribution in [0.25, 0.3) is 0 Å². The Kier molecular flexibility index (Phi) is 6.35. The first kappa shape index (κ1) is 19.7. The molecule has 144 valence electrons. The number of rotatable bonds is 6. The van der Waals surface area contributed by atoms with Crippen LogP contribution < -0.4 is 5.32 Å². The second kappa shape index (κ2) is 8.73. The molecular weight excluding hydrogens is 358 g/mol. The summed E-state index contributed by atoms with van der Waals surface area (Å²) in [6.07, 6.45) is 5.45. The normalized spacial score (nSPS) is 14.1. The van der Waals surface area contributed by atoms with Crippen LogP contribution in [0.3, 0.4) is 0 Å². The molecule has 3 rings (SSSR count). The Morgan fingerprint density at radius 3 is 2.78 bits per heavy atom. The van der Waals surface area contributed by atoms with Gasteiger partial charge in [-0.3, -0.25) is 9.69 Å². The molecule has 0 radical (unpaired) electrons. The number of amides is 1. The quantitative estimate of drug-likeness (QED) is 0.736. The maximum Gasteiger partial charge on any atom is 0.239 e. The van der Waals surface area contributed by atoms with E-state index in [1.165, 1.54) is 11.3 Å². The zero-order chi connectivity index (χ0) is 19.4. The second-order valence-corrected chi connectivity index (χ2v) is 8.54. The predicted molar refractivity (Wildman–Crippen MR) is 108 cm³/mol. The number of thiophene rings is 1. The Morgan fingerprint density at radius 2 is 2.11 bits per heavy atom. The van der Waals surface area contributed by atoms with E-state index in [0.29, 0.717) is 17.1 Å². The maximum absolute atomic E-state index is 12.7. The highest BCUT2D eigenvalue weighted by atomic mass is 32.1. The summed E-state index contributed by atoms with van der Waals surface area (Å²) in [6, 6.07) is 6.42. The van der Waals surface area contributed by atoms with Crippen LogP contribution >= 0.6 is 11.3 Å². The molecule has 0 aliphatic heterocycles. The van der Waals surface area contributed by atoms with Crippen LogP contribution in [0.2, 0.25) is 0 Å². The highest BCUT2D eigenvalue weighted by Crippen LogP contribution is 2.36. The van der Waals surface area contributed by atoms with Crippen molar-refractivity contribution < 1.29 is 9.21 Å². The predicted octanol–water partition coefficient (Wildman–Crippen LogP) is 4.64. The van der Waals surface area contributed by atoms with Gasteiger partial charge in [0, 0.05) is 10.9 Å². The lowest BCUT2D eigenvalue weighted by molar-refractivity contribution is -0.117. The third-order valence-corrected chi connectivity index (χ3v) is 6.23. The average Bonchev–Trinajstić information content (AvgIpc) is 3.08. The van der Waals surface area contributed by atoms with E-state index in [0.717, 1.165) is 42.8 Å². The maximum atomic E-state index is 12.7. The van der Waals surface area contributed by atoms with Crippen molar-refractivity contribution >= 4 is 22.2 Å². The van der Waals surface area contributed by atoms with Crippen molar-refractivity contribution in [2.75, 3.05) is 11.9 Å². The molecule has 0 aromatic carbocycles. The molecule has 27 heavy (non-hydrogen) atoms. The minimum Gasteiger partial charge on any atom is -0.465 e. The summed E-state index contributed by atoms with van der Waals surface area (Å²) in [5.41, 5.74) is 1.82. The van der Waals surface area contributed by atoms with Gasteiger partial charge in [-0.1, -0.05) is 6.42 Å². The topological polar surface area (TPSA) is 69.3 Å². The standard InChI is InChI=1S/C21H27N3O2S/c1-14(2)24(12-16-10-9-15(3)26-16)13-20(25)23-21-18(11-22)17-7-5-4-6-8-19(17)27-21/h9-10,14H,4-8,12-13H2,1-3H3,(H,23,25). The van der Waals surface area contributed by atoms with Gasteiger partial charge in [-0.15, -0.1) is 11.3 Å². The van der Waals surface area contributed by atoms with Crippen LogP contribution in [0.1, 0.15) is 60.6 Å². The molecule has 0 atom stereocenters. The summed E-state index contributed by atoms with van der Waals surface area (Å²) < 4.78 is 5.65. The number of carbonyl (C=O) groups is 1. The Hall–Kier alpha value is -2.10. The Labute approximate surface area is 165 Å². The van der Waals surface area contributed by atoms with E-state index in [4.69, 9.17) is 4.42 Å². The molecule has 0 fully saturated rings. The zero-order valence-electron chi connectivity index (χ0n) is 16.3. The summed E-state index contributed by atoms with van der Waals surface area (Å²) in [4.78, 5) is 16.0. The number of hydrogen-bond donors (Lipinski definition) is 1. The average molecular weight is 386 g/mol. The van der Waals surface area contributed by atoms with Crippen LogP contribution in [0.15, 0.2) is 16.5 Å². The van der Waals surface area contributed by atoms with Crippen molar-refractivity contribution in [3.8, 4) is 6.07 Å². The molecule has 1 aliphatic carbocycles. The van der Waals surface area contributed by atoms with E-state index in [2.05, 4.69) is 30.1 Å². The van der Waals surface area contributed by atoms with Gasteiger partial charge in [-0.05, 0) is 64.2 Å². The molecule has 6 heteroatoms. The number of carbonyl (C=O) groups excluding carboxylic acids is 1. The van der Waals surface area contributed by atoms with E-state index in [9.17, 15) is 10.1 Å². The van der Waals surface area contributed by atoms with Gasteiger partial charge in [0.05, 0.1) is 18.7 Å². The Morgan fingerprint density at radius 1 is 1.33 bits per heavy atom. The zero-order valence-corrected chi connectivity index (χ0v) is 17.1. The first-order chi connectivity index (χ1) is 13.0. The third kappa shape index (κ3) is 4.79. The van der Waals surface area contributed by atoms with Crippen molar-refractivity contribution in [2.45, 2.75) is 65.5 Å². The minimum atomic E-state index is -0.0834. The van der Waals surface area contributed by atoms with Crippen molar-refractivity contribution in [3.63, 3.8) is 0 Å². The summed E-state index contributed by atoms with van der Waals surface area (Å²) in [7, 11) is 0. The van der Waals surface area contributed by atoms with E-state index in [1.807, 2.05) is 19.1 Å². The molecule has 2 aromatic heterocycles. The molecule has 5 nitrogen and oxygen atoms in total. The Bertz CT molecular complexity index is 844. The second-order valence-electron chi connectivity index (χ2n) is 7.44. The lowest BCUT2D eigenvalue weighted by Gasteiger charge is -2.24. The molecular formula is C21H27N3O2S. The fourth-order valence-corrected chi connectivity index (χ4v) is 4.75. The van der Waals surface area contributed by atoms with Crippen LogP contribution in [-0.2, 0) is 24.2 Å². The van der Waals surface area contributed by atoms with Crippen LogP contribution in [-0.4, -0.2) is 23.4 Å². The number of aryl methyl sites for hydroxylation is 2. The number of furan rings is 1. The molecule has 1 aliphatic rings. The molecule has 0 bridgehead atoms. The molecule has 2 heterocycles. The fraction of sp³-hybridized carbons (Fsp3) is 0.524. The number of nitriles is 1. The van der Waals surface area contributed by atoms with E-state index < -0.39 is 0 Å². The van der Waals surface area contributed by atoms with E-state index >= 15 is 0 Å². The molecule has 0 spiro atoms. The smallest absolute Gasteiger partial charge is 0.239 e. The van der Waals surface area contributed by atoms with Gasteiger partial charge in [0.1, 0.15) is 22.6 Å². The highest BCUT2D eigenvalue weighted by Gasteiger charge is 2.22. The van der Waals surface area contributed by atoms with Crippen LogP contribution in [0, 0.1) is 18.3 Å². The molecule has 0 saturated heterocycles. The van der Waals surface area contributed by atoms with E-state index in [-0.39, 0.29) is 18.5 Å². The summed E-state index contributed by atoms with van der Waals surface area (Å²) >= 11 is 1.58. The lowest BCUT2D eigenvalue weighted by atomic mass is 10.1. The fourth-order valence-electron chi connectivity index (χ4n) is 3.49. The van der Waals surface area contributed by atoms with Crippen LogP contribution in [0.4, 0.5) is 5.00 Å². The number of nitrogens with zero attached hydrogens (tertiary/aromatic N) is 2. The number of nitrogens with one attached hydrogen (secondary N) is 1. The van der Waals surface area contributed by atoms with Gasteiger partial charge in [-0.25, -0.2) is 0 Å². The van der Waals surface area contributed by atoms with Crippen LogP contribution in [0.5, 0.6) is 0 Å². The lowest BCUT2D eigenvalue weighted by Crippen LogP contribution is -2.37. The minimum absolute atomic E-state index is 0.0834. The molecule has 0 saturated carbocycles. The molecule has 1 amide bonds. The number of fused-ring (bicyclic) bond motifs is 1. The third-order valence-electron chi connectivity index (χ3n) is 5.02. The highest BCUT2D eigenvalue weighted by molar-refractivity contribution is 7.16. The van der Waals surface area contributed by atoms with Gasteiger partial charge < -0.3 is 9.73 Å². The van der Waals surface area contributed by atoms with Gasteiger partial charge in [-0.2, -0.15) is 5.26 Å². The molecule has 2 aromatic rings. The van der Waals surface area contributed by atoms with Crippen molar-refractivity contribution in [1.82, 2.24) is 4.90 Å². The first-order valence-corrected chi connectivity index (χ1v) is 10.4. The van der Waals surface area contributed by atoms with E-state index in [1.54, 1.807) is 11.3 Å². The SMILES string of the molecule is Cc1ccc(CN(CC(=O)Nc2sc3c(c2C#N)CCCCC3)C(C)C)o1. The van der Waals surface area contributed by atoms with Crippen molar-refractivity contribution in [1.29, 1.82) is 5.26 Å². The van der Waals surface area contributed by atoms with Crippen molar-refractivity contribution in [3.05, 3.63) is 39.7 Å². The largest absolute Gasteiger partial charge is 0.465 e. The van der Waals surface area contributed by atoms with Gasteiger partial charge in [0.15, 0.2) is 0 Å². The van der Waals surface area contributed by atoms with Gasteiger partial charge in [0.2, 0.25) is 5.91 Å². The number of anilines is 1. The first-order valence-electron chi connectivity index (χ1n) is 9.61. The number of hydrogen-bond acceptors (Lipinski definition) is 5. The van der Waals surface area contributed by atoms with Crippen molar-refractivity contribution in [2.24, 2.45) is 0 Å². The van der Waals surface area contributed by atoms with Gasteiger partial charge >= 0.3 is 0 Å². The molecule has 0 unspecified atom stereocenters. The summed E-state index contributed by atoms with van der Waals surface area (Å²) in [6.45, 7) is 6.91. The van der Waals surface area contributed by atoms with Gasteiger partial charge in [0.25, 0.3) is 0 Å². The molecule has 1 N–H and O–H groups in total.